The van der Waals surface area contributed by atoms with Crippen LogP contribution in [0.15, 0.2) is 0 Å². The minimum Gasteiger partial charge on any atom is -0.330 e. The van der Waals surface area contributed by atoms with Gasteiger partial charge in [-0.1, -0.05) is 0 Å². The summed E-state index contributed by atoms with van der Waals surface area (Å²) in [6.07, 6.45) is 5.26. The zero-order valence-corrected chi connectivity index (χ0v) is 9.35. The Hall–Kier alpha value is -0.0900. The van der Waals surface area contributed by atoms with Crippen molar-refractivity contribution in [2.24, 2.45) is 17.1 Å². The largest absolute Gasteiger partial charge is 0.330 e. The first-order chi connectivity index (χ1) is 6.58. The van der Waals surface area contributed by atoms with Crippen LogP contribution in [0.2, 0.25) is 0 Å². The van der Waals surface area contributed by atoms with Crippen molar-refractivity contribution in [2.75, 3.05) is 18.1 Å². The van der Waals surface area contributed by atoms with Crippen molar-refractivity contribution >= 4 is 9.84 Å². The van der Waals surface area contributed by atoms with E-state index in [1.165, 1.54) is 12.8 Å². The van der Waals surface area contributed by atoms with Gasteiger partial charge in [-0.2, -0.15) is 0 Å². The molecule has 4 heteroatoms. The lowest BCUT2D eigenvalue weighted by molar-refractivity contribution is 0.224. The standard InChI is InChI=1S/C10H19NO2S/c11-6-5-10(9-2-3-9)4-1-7-14(12,13)8-10/h9H,1-8,11H2. The van der Waals surface area contributed by atoms with Gasteiger partial charge in [0.2, 0.25) is 0 Å². The van der Waals surface area contributed by atoms with Gasteiger partial charge in [0.15, 0.2) is 9.84 Å². The van der Waals surface area contributed by atoms with Gasteiger partial charge in [0.1, 0.15) is 0 Å². The predicted molar refractivity (Wildman–Crippen MR) is 56.7 cm³/mol. The van der Waals surface area contributed by atoms with Gasteiger partial charge < -0.3 is 5.73 Å². The summed E-state index contributed by atoms with van der Waals surface area (Å²) in [5.74, 6) is 1.45. The maximum absolute atomic E-state index is 11.6. The lowest BCUT2D eigenvalue weighted by atomic mass is 9.77. The first-order valence-electron chi connectivity index (χ1n) is 5.48. The van der Waals surface area contributed by atoms with Crippen LogP contribution in [0.4, 0.5) is 0 Å². The number of hydrogen-bond acceptors (Lipinski definition) is 3. The molecule has 2 aliphatic rings. The van der Waals surface area contributed by atoms with Crippen LogP contribution in [0.3, 0.4) is 0 Å². The fourth-order valence-corrected chi connectivity index (χ4v) is 5.06. The molecule has 0 radical (unpaired) electrons. The first kappa shape index (κ1) is 10.4. The second kappa shape index (κ2) is 3.49. The normalized spacial score (nSPS) is 36.9. The third kappa shape index (κ3) is 1.96. The van der Waals surface area contributed by atoms with Gasteiger partial charge in [-0.15, -0.1) is 0 Å². The van der Waals surface area contributed by atoms with E-state index in [9.17, 15) is 8.42 Å². The van der Waals surface area contributed by atoms with Crippen molar-refractivity contribution in [1.29, 1.82) is 0 Å². The summed E-state index contributed by atoms with van der Waals surface area (Å²) in [4.78, 5) is 0. The molecular weight excluding hydrogens is 198 g/mol. The second-order valence-electron chi connectivity index (χ2n) is 4.87. The molecular formula is C10H19NO2S. The molecule has 2 N–H and O–H groups in total. The van der Waals surface area contributed by atoms with E-state index in [1.807, 2.05) is 0 Å². The van der Waals surface area contributed by atoms with E-state index in [4.69, 9.17) is 5.73 Å². The van der Waals surface area contributed by atoms with E-state index in [-0.39, 0.29) is 5.41 Å². The van der Waals surface area contributed by atoms with Gasteiger partial charge in [-0.05, 0) is 50.0 Å². The molecule has 0 spiro atoms. The quantitative estimate of drug-likeness (QED) is 0.765. The summed E-state index contributed by atoms with van der Waals surface area (Å²) >= 11 is 0. The van der Waals surface area contributed by atoms with Crippen molar-refractivity contribution in [3.63, 3.8) is 0 Å². The van der Waals surface area contributed by atoms with Gasteiger partial charge in [0.25, 0.3) is 0 Å². The molecule has 2 rings (SSSR count). The van der Waals surface area contributed by atoms with E-state index < -0.39 is 9.84 Å². The third-order valence-corrected chi connectivity index (χ3v) is 5.65. The summed E-state index contributed by atoms with van der Waals surface area (Å²) in [6, 6.07) is 0. The molecule has 0 amide bonds. The molecule has 1 atom stereocenters. The molecule has 1 aliphatic heterocycles. The van der Waals surface area contributed by atoms with Crippen LogP contribution < -0.4 is 5.73 Å². The Kier molecular flexibility index (Phi) is 2.60. The molecule has 14 heavy (non-hydrogen) atoms. The van der Waals surface area contributed by atoms with E-state index in [0.717, 1.165) is 19.3 Å². The van der Waals surface area contributed by atoms with Crippen molar-refractivity contribution in [1.82, 2.24) is 0 Å². The highest BCUT2D eigenvalue weighted by Gasteiger charge is 2.48. The average Bonchev–Trinajstić information content (AvgIpc) is 2.84. The highest BCUT2D eigenvalue weighted by atomic mass is 32.2. The summed E-state index contributed by atoms with van der Waals surface area (Å²) in [6.45, 7) is 0.631. The monoisotopic (exact) mass is 217 g/mol. The van der Waals surface area contributed by atoms with Crippen molar-refractivity contribution in [2.45, 2.75) is 32.1 Å². The Labute approximate surface area is 86.0 Å². The topological polar surface area (TPSA) is 60.2 Å². The fourth-order valence-electron chi connectivity index (χ4n) is 2.93. The molecule has 2 fully saturated rings. The summed E-state index contributed by atoms with van der Waals surface area (Å²) in [5.41, 5.74) is 5.67. The van der Waals surface area contributed by atoms with Crippen molar-refractivity contribution < 1.29 is 8.42 Å². The van der Waals surface area contributed by atoms with E-state index in [2.05, 4.69) is 0 Å². The molecule has 0 aromatic rings. The van der Waals surface area contributed by atoms with E-state index in [1.54, 1.807) is 0 Å². The Morgan fingerprint density at radius 1 is 1.36 bits per heavy atom. The zero-order chi connectivity index (χ0) is 10.2. The van der Waals surface area contributed by atoms with Gasteiger partial charge in [0.05, 0.1) is 11.5 Å². The van der Waals surface area contributed by atoms with Gasteiger partial charge in [-0.3, -0.25) is 0 Å². The highest BCUT2D eigenvalue weighted by Crippen LogP contribution is 2.52. The number of hydrogen-bond donors (Lipinski definition) is 1. The molecule has 1 aliphatic carbocycles. The van der Waals surface area contributed by atoms with Crippen LogP contribution in [0, 0.1) is 11.3 Å². The van der Waals surface area contributed by atoms with E-state index >= 15 is 0 Å². The second-order valence-corrected chi connectivity index (χ2v) is 7.05. The van der Waals surface area contributed by atoms with Crippen LogP contribution in [0.1, 0.15) is 32.1 Å². The van der Waals surface area contributed by atoms with Gasteiger partial charge in [0, 0.05) is 0 Å². The maximum Gasteiger partial charge on any atom is 0.150 e. The third-order valence-electron chi connectivity index (χ3n) is 3.72. The maximum atomic E-state index is 11.6. The van der Waals surface area contributed by atoms with Gasteiger partial charge in [-0.25, -0.2) is 8.42 Å². The Morgan fingerprint density at radius 2 is 2.07 bits per heavy atom. The first-order valence-corrected chi connectivity index (χ1v) is 7.31. The Morgan fingerprint density at radius 3 is 2.57 bits per heavy atom. The molecule has 0 aromatic carbocycles. The molecule has 1 saturated carbocycles. The van der Waals surface area contributed by atoms with Crippen LogP contribution in [-0.2, 0) is 9.84 Å². The zero-order valence-electron chi connectivity index (χ0n) is 8.54. The van der Waals surface area contributed by atoms with E-state index in [0.29, 0.717) is 24.0 Å². The highest BCUT2D eigenvalue weighted by molar-refractivity contribution is 7.91. The molecule has 1 saturated heterocycles. The Balaban J connectivity index is 2.17. The lowest BCUT2D eigenvalue weighted by Gasteiger charge is -2.37. The summed E-state index contributed by atoms with van der Waals surface area (Å²) < 4.78 is 23.3. The number of nitrogens with two attached hydrogens (primary N) is 1. The van der Waals surface area contributed by atoms with Crippen LogP contribution >= 0.6 is 0 Å². The van der Waals surface area contributed by atoms with Crippen molar-refractivity contribution in [3.05, 3.63) is 0 Å². The van der Waals surface area contributed by atoms with Crippen LogP contribution in [0.25, 0.3) is 0 Å². The summed E-state index contributed by atoms with van der Waals surface area (Å²) in [7, 11) is -2.77. The van der Waals surface area contributed by atoms with Crippen LogP contribution in [-0.4, -0.2) is 26.5 Å². The predicted octanol–water partition coefficient (Wildman–Crippen LogP) is 0.940. The van der Waals surface area contributed by atoms with Crippen LogP contribution in [0.5, 0.6) is 0 Å². The minimum absolute atomic E-state index is 0.0613. The Bertz CT molecular complexity index is 304. The smallest absolute Gasteiger partial charge is 0.150 e. The average molecular weight is 217 g/mol. The molecule has 3 nitrogen and oxygen atoms in total. The molecule has 1 heterocycles. The number of sulfone groups is 1. The SMILES string of the molecule is NCCC1(C2CC2)CCCS(=O)(=O)C1. The van der Waals surface area contributed by atoms with Crippen molar-refractivity contribution in [3.8, 4) is 0 Å². The fraction of sp³-hybridized carbons (Fsp3) is 1.00. The molecule has 1 unspecified atom stereocenters. The molecule has 82 valence electrons. The lowest BCUT2D eigenvalue weighted by Crippen LogP contribution is -2.39. The molecule has 0 bridgehead atoms. The summed E-state index contributed by atoms with van der Waals surface area (Å²) in [5, 5.41) is 0. The minimum atomic E-state index is -2.77. The number of rotatable bonds is 3. The van der Waals surface area contributed by atoms with Gasteiger partial charge >= 0.3 is 0 Å². The molecule has 0 aromatic heterocycles.